The molecule has 0 radical (unpaired) electrons. The van der Waals surface area contributed by atoms with Crippen molar-refractivity contribution >= 4 is 76.3 Å². The fourth-order valence-corrected chi connectivity index (χ4v) is 1.41. The molecule has 0 aliphatic rings. The Morgan fingerprint density at radius 2 is 1.73 bits per heavy atom. The SMILES string of the molecule is OB(OC(Br)C(Br)(Br)Br)c1ccccc1. The van der Waals surface area contributed by atoms with Crippen LogP contribution in [0.4, 0.5) is 0 Å². The van der Waals surface area contributed by atoms with Crippen LogP contribution in [0.1, 0.15) is 0 Å². The number of benzene rings is 1. The Labute approximate surface area is 122 Å². The molecule has 0 aliphatic heterocycles. The Bertz CT molecular complexity index is 303. The van der Waals surface area contributed by atoms with Gasteiger partial charge in [0, 0.05) is 0 Å². The average Bonchev–Trinajstić information content (AvgIpc) is 2.17. The van der Waals surface area contributed by atoms with Crippen molar-refractivity contribution in [2.45, 2.75) is 7.16 Å². The number of alkyl halides is 4. The molecule has 0 saturated carbocycles. The maximum Gasteiger partial charge on any atom is 0.492 e. The summed E-state index contributed by atoms with van der Waals surface area (Å²) in [6.07, 6.45) is 0. The molecular formula is C8H7BBr4O2. The molecular weight excluding hydrogens is 459 g/mol. The predicted octanol–water partition coefficient (Wildman–Crippen LogP) is 2.95. The van der Waals surface area contributed by atoms with Crippen molar-refractivity contribution < 1.29 is 9.68 Å². The van der Waals surface area contributed by atoms with Crippen molar-refractivity contribution in [1.82, 2.24) is 0 Å². The molecule has 0 amide bonds. The number of halogens is 4. The summed E-state index contributed by atoms with van der Waals surface area (Å²) in [4.78, 5) is 0. The number of rotatable bonds is 3. The summed E-state index contributed by atoms with van der Waals surface area (Å²) in [6, 6.07) is 9.15. The fourth-order valence-electron chi connectivity index (χ4n) is 0.887. The minimum absolute atomic E-state index is 0.430. The van der Waals surface area contributed by atoms with E-state index < -0.39 is 14.3 Å². The quantitative estimate of drug-likeness (QED) is 0.550. The van der Waals surface area contributed by atoms with Crippen LogP contribution in [0.3, 0.4) is 0 Å². The molecule has 0 heterocycles. The van der Waals surface area contributed by atoms with Gasteiger partial charge in [-0.1, -0.05) is 94.1 Å². The molecule has 1 N–H and O–H groups in total. The van der Waals surface area contributed by atoms with E-state index in [0.717, 1.165) is 0 Å². The lowest BCUT2D eigenvalue weighted by Gasteiger charge is -2.21. The number of hydrogen-bond acceptors (Lipinski definition) is 2. The lowest BCUT2D eigenvalue weighted by atomic mass is 9.80. The summed E-state index contributed by atoms with van der Waals surface area (Å²) in [7, 11) is -0.970. The second-order valence-corrected chi connectivity index (χ2v) is 10.5. The highest BCUT2D eigenvalue weighted by molar-refractivity contribution is 9.40. The molecule has 15 heavy (non-hydrogen) atoms. The first-order valence-electron chi connectivity index (χ1n) is 4.00. The van der Waals surface area contributed by atoms with Gasteiger partial charge >= 0.3 is 7.12 Å². The van der Waals surface area contributed by atoms with Crippen LogP contribution in [-0.4, -0.2) is 19.3 Å². The van der Waals surface area contributed by atoms with E-state index in [1.807, 2.05) is 18.2 Å². The van der Waals surface area contributed by atoms with Gasteiger partial charge in [-0.3, -0.25) is 0 Å². The van der Waals surface area contributed by atoms with Gasteiger partial charge in [-0.15, -0.1) is 0 Å². The molecule has 7 heteroatoms. The molecule has 0 fully saturated rings. The van der Waals surface area contributed by atoms with Crippen LogP contribution in [0.5, 0.6) is 0 Å². The summed E-state index contributed by atoms with van der Waals surface area (Å²) in [5, 5.41) is 9.31. The van der Waals surface area contributed by atoms with E-state index in [4.69, 9.17) is 4.65 Å². The Kier molecular flexibility index (Phi) is 5.83. The molecule has 1 aromatic rings. The average molecular weight is 466 g/mol. The standard InChI is InChI=1S/C8H7BBr4O2/c10-7(8(11,12)13)15-9(14)6-4-2-1-3-5-6/h1-5,7,14H. The zero-order chi connectivity index (χ0) is 11.5. The molecule has 0 saturated heterocycles. The monoisotopic (exact) mass is 462 g/mol. The second-order valence-electron chi connectivity index (χ2n) is 2.76. The largest absolute Gasteiger partial charge is 0.492 e. The molecule has 0 bridgehead atoms. The Morgan fingerprint density at radius 1 is 1.20 bits per heavy atom. The van der Waals surface area contributed by atoms with Crippen molar-refractivity contribution in [3.63, 3.8) is 0 Å². The van der Waals surface area contributed by atoms with Crippen molar-refractivity contribution in [2.75, 3.05) is 0 Å². The first kappa shape index (κ1) is 14.2. The van der Waals surface area contributed by atoms with Gasteiger partial charge in [-0.05, 0) is 5.46 Å². The van der Waals surface area contributed by atoms with E-state index in [2.05, 4.69) is 63.7 Å². The second kappa shape index (κ2) is 6.16. The smallest absolute Gasteiger partial charge is 0.423 e. The van der Waals surface area contributed by atoms with Crippen LogP contribution in [0.25, 0.3) is 0 Å². The summed E-state index contributed by atoms with van der Waals surface area (Å²) in [5.41, 5.74) is 0.707. The van der Waals surface area contributed by atoms with Crippen molar-refractivity contribution in [2.24, 2.45) is 0 Å². The first-order chi connectivity index (χ1) is 6.91. The van der Waals surface area contributed by atoms with E-state index in [0.29, 0.717) is 5.46 Å². The van der Waals surface area contributed by atoms with Crippen molar-refractivity contribution in [1.29, 1.82) is 0 Å². The predicted molar refractivity (Wildman–Crippen MR) is 77.4 cm³/mol. The lowest BCUT2D eigenvalue weighted by Crippen LogP contribution is -2.38. The highest BCUT2D eigenvalue weighted by atomic mass is 80.0. The van der Waals surface area contributed by atoms with Crippen LogP contribution in [-0.2, 0) is 4.65 Å². The van der Waals surface area contributed by atoms with E-state index in [9.17, 15) is 5.02 Å². The van der Waals surface area contributed by atoms with Gasteiger partial charge < -0.3 is 9.68 Å². The van der Waals surface area contributed by atoms with Crippen LogP contribution >= 0.6 is 63.7 Å². The van der Waals surface area contributed by atoms with Gasteiger partial charge in [-0.2, -0.15) is 0 Å². The van der Waals surface area contributed by atoms with Crippen molar-refractivity contribution in [3.05, 3.63) is 30.3 Å². The Morgan fingerprint density at radius 3 is 2.20 bits per heavy atom. The zero-order valence-corrected chi connectivity index (χ0v) is 13.8. The zero-order valence-electron chi connectivity index (χ0n) is 7.41. The van der Waals surface area contributed by atoms with E-state index in [1.54, 1.807) is 12.1 Å². The first-order valence-corrected chi connectivity index (χ1v) is 7.30. The maximum atomic E-state index is 9.74. The van der Waals surface area contributed by atoms with Gasteiger partial charge in [0.25, 0.3) is 0 Å². The van der Waals surface area contributed by atoms with Crippen LogP contribution < -0.4 is 5.46 Å². The Balaban J connectivity index is 2.61. The summed E-state index contributed by atoms with van der Waals surface area (Å²) < 4.78 is 4.72. The van der Waals surface area contributed by atoms with Gasteiger partial charge in [0.2, 0.25) is 0 Å². The fraction of sp³-hybridized carbons (Fsp3) is 0.250. The third-order valence-corrected chi connectivity index (χ3v) is 5.58. The molecule has 1 rings (SSSR count). The maximum absolute atomic E-state index is 9.74. The minimum Gasteiger partial charge on any atom is -0.423 e. The van der Waals surface area contributed by atoms with Gasteiger partial charge in [0.05, 0.1) is 0 Å². The molecule has 0 aromatic heterocycles. The molecule has 82 valence electrons. The highest BCUT2D eigenvalue weighted by Crippen LogP contribution is 2.41. The normalized spacial score (nSPS) is 13.7. The molecule has 0 aliphatic carbocycles. The van der Waals surface area contributed by atoms with Crippen LogP contribution in [0, 0.1) is 0 Å². The molecule has 0 spiro atoms. The number of hydrogen-bond donors (Lipinski definition) is 1. The van der Waals surface area contributed by atoms with Gasteiger partial charge in [0.15, 0.2) is 2.14 Å². The molecule has 2 nitrogen and oxygen atoms in total. The molecule has 1 unspecified atom stereocenters. The van der Waals surface area contributed by atoms with Crippen LogP contribution in [0.15, 0.2) is 30.3 Å². The molecule has 1 atom stereocenters. The van der Waals surface area contributed by atoms with Crippen LogP contribution in [0.2, 0.25) is 0 Å². The summed E-state index contributed by atoms with van der Waals surface area (Å²) in [6.45, 7) is 0. The minimum atomic E-state index is -0.970. The van der Waals surface area contributed by atoms with Gasteiger partial charge in [-0.25, -0.2) is 0 Å². The van der Waals surface area contributed by atoms with E-state index in [1.165, 1.54) is 0 Å². The van der Waals surface area contributed by atoms with E-state index in [-0.39, 0.29) is 0 Å². The topological polar surface area (TPSA) is 29.5 Å². The highest BCUT2D eigenvalue weighted by Gasteiger charge is 2.33. The summed E-state index contributed by atoms with van der Waals surface area (Å²) >= 11 is 13.2. The molecule has 1 aromatic carbocycles. The van der Waals surface area contributed by atoms with E-state index >= 15 is 0 Å². The third kappa shape index (κ3) is 4.87. The summed E-state index contributed by atoms with van der Waals surface area (Å²) in [5.74, 6) is 0. The Hall–Kier alpha value is 1.12. The van der Waals surface area contributed by atoms with Gasteiger partial charge in [0.1, 0.15) is 5.01 Å². The lowest BCUT2D eigenvalue weighted by molar-refractivity contribution is 0.262. The third-order valence-electron chi connectivity index (χ3n) is 1.59. The van der Waals surface area contributed by atoms with Crippen molar-refractivity contribution in [3.8, 4) is 0 Å².